The number of rotatable bonds is 6. The van der Waals surface area contributed by atoms with Crippen molar-refractivity contribution in [1.82, 2.24) is 0 Å². The highest BCUT2D eigenvalue weighted by molar-refractivity contribution is 7.99. The molecular weight excluding hydrogens is 380 g/mol. The fraction of sp³-hybridized carbons (Fsp3) is 0.333. The Labute approximate surface area is 168 Å². The van der Waals surface area contributed by atoms with Crippen molar-refractivity contribution in [3.8, 4) is 5.75 Å². The molecule has 0 aliphatic carbocycles. The van der Waals surface area contributed by atoms with Crippen LogP contribution in [-0.2, 0) is 4.74 Å². The number of aliphatic hydroxyl groups excluding tert-OH is 4. The number of ether oxygens (including phenoxy) is 2. The van der Waals surface area contributed by atoms with E-state index in [0.717, 1.165) is 27.3 Å². The van der Waals surface area contributed by atoms with E-state index < -0.39 is 36.5 Å². The van der Waals surface area contributed by atoms with E-state index in [-0.39, 0.29) is 0 Å². The molecule has 3 rings (SSSR count). The molecule has 1 fully saturated rings. The molecule has 0 radical (unpaired) electrons. The Bertz CT molecular complexity index is 790. The van der Waals surface area contributed by atoms with Crippen molar-refractivity contribution in [3.05, 3.63) is 66.2 Å². The van der Waals surface area contributed by atoms with Crippen LogP contribution in [0.5, 0.6) is 5.75 Å². The molecule has 0 bridgehead atoms. The van der Waals surface area contributed by atoms with Crippen LogP contribution in [0.3, 0.4) is 0 Å². The molecular formula is C21H24O6S. The molecule has 0 aromatic heterocycles. The predicted octanol–water partition coefficient (Wildman–Crippen LogP) is 1.65. The second-order valence-electron chi connectivity index (χ2n) is 6.55. The van der Waals surface area contributed by atoms with Gasteiger partial charge in [0.05, 0.1) is 13.7 Å². The molecule has 6 nitrogen and oxygen atoms in total. The summed E-state index contributed by atoms with van der Waals surface area (Å²) in [5, 5.41) is 39.2. The highest BCUT2D eigenvalue weighted by atomic mass is 32.2. The van der Waals surface area contributed by atoms with Crippen LogP contribution in [0, 0.1) is 0 Å². The summed E-state index contributed by atoms with van der Waals surface area (Å²) in [5.41, 5.74) is 2.00. The minimum Gasteiger partial charge on any atom is -0.497 e. The number of hydrogen-bond acceptors (Lipinski definition) is 7. The predicted molar refractivity (Wildman–Crippen MR) is 107 cm³/mol. The molecule has 7 heteroatoms. The molecule has 4 N–H and O–H groups in total. The monoisotopic (exact) mass is 404 g/mol. The molecule has 2 aromatic rings. The third-order valence-corrected chi connectivity index (χ3v) is 5.91. The third-order valence-electron chi connectivity index (χ3n) is 4.74. The van der Waals surface area contributed by atoms with Crippen molar-refractivity contribution < 1.29 is 29.9 Å². The standard InChI is InChI=1S/C21H24O6S/c1-12(13-3-7-15(26-2)8-4-13)14-5-9-16(10-6-14)28-21-20(25)19(24)18(23)17(11-22)27-21/h3-10,17-25H,1,11H2,2H3/t17-,18+,19+,20-,21+/m1/s1. The summed E-state index contributed by atoms with van der Waals surface area (Å²) >= 11 is 1.22. The third kappa shape index (κ3) is 4.41. The summed E-state index contributed by atoms with van der Waals surface area (Å²) in [6, 6.07) is 15.2. The van der Waals surface area contributed by atoms with Gasteiger partial charge in [0.25, 0.3) is 0 Å². The van der Waals surface area contributed by atoms with Gasteiger partial charge in [-0.05, 0) is 41.0 Å². The van der Waals surface area contributed by atoms with E-state index in [2.05, 4.69) is 6.58 Å². The molecule has 1 aliphatic rings. The van der Waals surface area contributed by atoms with Crippen LogP contribution in [0.25, 0.3) is 5.57 Å². The van der Waals surface area contributed by atoms with Gasteiger partial charge < -0.3 is 29.9 Å². The van der Waals surface area contributed by atoms with Gasteiger partial charge in [0.2, 0.25) is 0 Å². The van der Waals surface area contributed by atoms with E-state index in [0.29, 0.717) is 0 Å². The minimum absolute atomic E-state index is 0.442. The molecule has 2 aromatic carbocycles. The summed E-state index contributed by atoms with van der Waals surface area (Å²) in [6.45, 7) is 3.70. The fourth-order valence-electron chi connectivity index (χ4n) is 2.99. The number of methoxy groups -OCH3 is 1. The Balaban J connectivity index is 1.69. The summed E-state index contributed by atoms with van der Waals surface area (Å²) < 4.78 is 10.7. The van der Waals surface area contributed by atoms with Crippen molar-refractivity contribution in [3.63, 3.8) is 0 Å². The van der Waals surface area contributed by atoms with Gasteiger partial charge in [0.1, 0.15) is 35.6 Å². The van der Waals surface area contributed by atoms with Crippen molar-refractivity contribution in [1.29, 1.82) is 0 Å². The van der Waals surface area contributed by atoms with Crippen LogP contribution in [0.1, 0.15) is 11.1 Å². The van der Waals surface area contributed by atoms with E-state index in [1.165, 1.54) is 11.8 Å². The van der Waals surface area contributed by atoms with Gasteiger partial charge in [0.15, 0.2) is 0 Å². The van der Waals surface area contributed by atoms with E-state index in [9.17, 15) is 20.4 Å². The zero-order valence-electron chi connectivity index (χ0n) is 15.4. The van der Waals surface area contributed by atoms with Crippen molar-refractivity contribution >= 4 is 17.3 Å². The Hall–Kier alpha value is -1.87. The maximum atomic E-state index is 10.2. The van der Waals surface area contributed by atoms with E-state index in [1.807, 2.05) is 48.5 Å². The highest BCUT2D eigenvalue weighted by Gasteiger charge is 2.43. The first-order chi connectivity index (χ1) is 13.4. The van der Waals surface area contributed by atoms with Crippen molar-refractivity contribution in [2.24, 2.45) is 0 Å². The number of benzene rings is 2. The van der Waals surface area contributed by atoms with Gasteiger partial charge in [0, 0.05) is 4.90 Å². The van der Waals surface area contributed by atoms with Gasteiger partial charge >= 0.3 is 0 Å². The number of hydrogen-bond donors (Lipinski definition) is 4. The second-order valence-corrected chi connectivity index (χ2v) is 7.72. The minimum atomic E-state index is -1.38. The number of thioether (sulfide) groups is 1. The summed E-state index contributed by atoms with van der Waals surface area (Å²) in [4.78, 5) is 0.815. The Kier molecular flexibility index (Phi) is 6.77. The molecule has 150 valence electrons. The van der Waals surface area contributed by atoms with E-state index in [4.69, 9.17) is 9.47 Å². The van der Waals surface area contributed by atoms with Crippen LogP contribution in [0.15, 0.2) is 60.0 Å². The van der Waals surface area contributed by atoms with E-state index >= 15 is 0 Å². The lowest BCUT2D eigenvalue weighted by atomic mass is 10.00. The van der Waals surface area contributed by atoms with Gasteiger partial charge in [-0.1, -0.05) is 42.6 Å². The maximum Gasteiger partial charge on any atom is 0.136 e. The van der Waals surface area contributed by atoms with Gasteiger partial charge in [-0.25, -0.2) is 0 Å². The van der Waals surface area contributed by atoms with Gasteiger partial charge in [-0.3, -0.25) is 0 Å². The van der Waals surface area contributed by atoms with Gasteiger partial charge in [-0.2, -0.15) is 0 Å². The van der Waals surface area contributed by atoms with Crippen LogP contribution < -0.4 is 4.74 Å². The first-order valence-corrected chi connectivity index (χ1v) is 9.73. The summed E-state index contributed by atoms with van der Waals surface area (Å²) in [7, 11) is 1.62. The molecule has 1 heterocycles. The smallest absolute Gasteiger partial charge is 0.136 e. The SMILES string of the molecule is C=C(c1ccc(OC)cc1)c1ccc(S[C@@H]2O[C@H](CO)[C@H](O)[C@H](O)[C@H]2O)cc1. The quantitative estimate of drug-likeness (QED) is 0.581. The molecule has 0 unspecified atom stereocenters. The van der Waals surface area contributed by atoms with Crippen molar-refractivity contribution in [2.45, 2.75) is 34.7 Å². The highest BCUT2D eigenvalue weighted by Crippen LogP contribution is 2.34. The molecule has 28 heavy (non-hydrogen) atoms. The summed E-state index contributed by atoms with van der Waals surface area (Å²) in [6.07, 6.45) is -4.91. The maximum absolute atomic E-state index is 10.2. The zero-order valence-corrected chi connectivity index (χ0v) is 16.2. The van der Waals surface area contributed by atoms with Crippen LogP contribution in [0.4, 0.5) is 0 Å². The lowest BCUT2D eigenvalue weighted by Crippen LogP contribution is -2.57. The lowest BCUT2D eigenvalue weighted by molar-refractivity contribution is -0.205. The average Bonchev–Trinajstić information content (AvgIpc) is 2.74. The van der Waals surface area contributed by atoms with Crippen LogP contribution in [-0.4, -0.2) is 64.0 Å². The zero-order chi connectivity index (χ0) is 20.3. The van der Waals surface area contributed by atoms with Crippen molar-refractivity contribution in [2.75, 3.05) is 13.7 Å². The molecule has 0 amide bonds. The lowest BCUT2D eigenvalue weighted by Gasteiger charge is -2.39. The Morgan fingerprint density at radius 2 is 1.54 bits per heavy atom. The van der Waals surface area contributed by atoms with Crippen LogP contribution >= 0.6 is 11.8 Å². The molecule has 0 saturated carbocycles. The normalized spacial score (nSPS) is 27.4. The van der Waals surface area contributed by atoms with Crippen LogP contribution in [0.2, 0.25) is 0 Å². The second kappa shape index (κ2) is 9.09. The average molecular weight is 404 g/mol. The molecule has 1 saturated heterocycles. The molecule has 0 spiro atoms. The first-order valence-electron chi connectivity index (χ1n) is 8.85. The topological polar surface area (TPSA) is 99.4 Å². The fourth-order valence-corrected chi connectivity index (χ4v) is 4.05. The number of aliphatic hydroxyl groups is 4. The molecule has 1 aliphatic heterocycles. The molecule has 5 atom stereocenters. The largest absolute Gasteiger partial charge is 0.497 e. The first kappa shape index (κ1) is 20.9. The van der Waals surface area contributed by atoms with E-state index in [1.54, 1.807) is 7.11 Å². The Morgan fingerprint density at radius 3 is 2.07 bits per heavy atom. The van der Waals surface area contributed by atoms with Gasteiger partial charge in [-0.15, -0.1) is 0 Å². The summed E-state index contributed by atoms with van der Waals surface area (Å²) in [5.74, 6) is 0.780. The Morgan fingerprint density at radius 1 is 0.964 bits per heavy atom.